The lowest BCUT2D eigenvalue weighted by Crippen LogP contribution is -2.38. The van der Waals surface area contributed by atoms with E-state index in [4.69, 9.17) is 5.26 Å². The van der Waals surface area contributed by atoms with Crippen molar-refractivity contribution >= 4 is 5.69 Å². The molecule has 1 unspecified atom stereocenters. The lowest BCUT2D eigenvalue weighted by molar-refractivity contribution is 0.479. The molecule has 1 heterocycles. The molecule has 84 valence electrons. The van der Waals surface area contributed by atoms with Crippen LogP contribution >= 0.6 is 0 Å². The number of piperidine rings is 1. The van der Waals surface area contributed by atoms with E-state index in [0.717, 1.165) is 25.9 Å². The lowest BCUT2D eigenvalue weighted by atomic mass is 10.1. The minimum atomic E-state index is -0.462. The zero-order chi connectivity index (χ0) is 11.4. The van der Waals surface area contributed by atoms with Crippen LogP contribution in [0.1, 0.15) is 18.4 Å². The number of halogens is 1. The van der Waals surface area contributed by atoms with Crippen LogP contribution in [0.25, 0.3) is 0 Å². The van der Waals surface area contributed by atoms with Crippen LogP contribution in [-0.2, 0) is 0 Å². The molecule has 1 atom stereocenters. The number of anilines is 1. The van der Waals surface area contributed by atoms with E-state index in [1.54, 1.807) is 12.1 Å². The van der Waals surface area contributed by atoms with E-state index in [9.17, 15) is 4.39 Å². The van der Waals surface area contributed by atoms with Gasteiger partial charge in [0.1, 0.15) is 17.4 Å². The van der Waals surface area contributed by atoms with E-state index in [1.807, 2.05) is 6.07 Å². The maximum atomic E-state index is 13.3. The molecular weight excluding hydrogens is 205 g/mol. The van der Waals surface area contributed by atoms with Crippen molar-refractivity contribution in [2.45, 2.75) is 18.9 Å². The SMILES string of the molecule is N#Cc1c(F)cccc1NC1CCCNC1. The van der Waals surface area contributed by atoms with E-state index in [0.29, 0.717) is 5.69 Å². The molecule has 1 aromatic carbocycles. The summed E-state index contributed by atoms with van der Waals surface area (Å²) in [7, 11) is 0. The second-order valence-electron chi connectivity index (χ2n) is 3.96. The third-order valence-electron chi connectivity index (χ3n) is 2.78. The summed E-state index contributed by atoms with van der Waals surface area (Å²) in [6.45, 7) is 1.90. The highest BCUT2D eigenvalue weighted by atomic mass is 19.1. The van der Waals surface area contributed by atoms with Crippen LogP contribution < -0.4 is 10.6 Å². The molecule has 1 fully saturated rings. The fourth-order valence-electron chi connectivity index (χ4n) is 1.95. The van der Waals surface area contributed by atoms with Gasteiger partial charge in [0, 0.05) is 12.6 Å². The molecule has 1 aliphatic rings. The first-order valence-corrected chi connectivity index (χ1v) is 5.47. The summed E-state index contributed by atoms with van der Waals surface area (Å²) >= 11 is 0. The van der Waals surface area contributed by atoms with E-state index in [2.05, 4.69) is 10.6 Å². The van der Waals surface area contributed by atoms with Crippen LogP contribution in [0.3, 0.4) is 0 Å². The Bertz CT molecular complexity index is 405. The van der Waals surface area contributed by atoms with E-state index >= 15 is 0 Å². The average Bonchev–Trinajstić information content (AvgIpc) is 2.31. The standard InChI is InChI=1S/C12H14FN3/c13-11-4-1-5-12(10(11)7-14)16-9-3-2-6-15-8-9/h1,4-5,9,15-16H,2-3,6,8H2. The molecule has 2 N–H and O–H groups in total. The van der Waals surface area contributed by atoms with Crippen molar-refractivity contribution in [3.05, 3.63) is 29.6 Å². The van der Waals surface area contributed by atoms with Gasteiger partial charge in [-0.15, -0.1) is 0 Å². The van der Waals surface area contributed by atoms with Gasteiger partial charge in [0.25, 0.3) is 0 Å². The first kappa shape index (κ1) is 10.9. The van der Waals surface area contributed by atoms with Gasteiger partial charge in [0.15, 0.2) is 0 Å². The number of benzene rings is 1. The zero-order valence-electron chi connectivity index (χ0n) is 8.96. The predicted molar refractivity (Wildman–Crippen MR) is 60.6 cm³/mol. The number of nitriles is 1. The van der Waals surface area contributed by atoms with Crippen molar-refractivity contribution in [1.29, 1.82) is 5.26 Å². The topological polar surface area (TPSA) is 47.9 Å². The van der Waals surface area contributed by atoms with E-state index < -0.39 is 5.82 Å². The highest BCUT2D eigenvalue weighted by molar-refractivity contribution is 5.58. The van der Waals surface area contributed by atoms with Crippen molar-refractivity contribution in [1.82, 2.24) is 5.32 Å². The maximum Gasteiger partial charge on any atom is 0.143 e. The van der Waals surface area contributed by atoms with E-state index in [-0.39, 0.29) is 11.6 Å². The zero-order valence-corrected chi connectivity index (χ0v) is 8.96. The first-order valence-electron chi connectivity index (χ1n) is 5.47. The largest absolute Gasteiger partial charge is 0.380 e. The van der Waals surface area contributed by atoms with Crippen LogP contribution in [0.4, 0.5) is 10.1 Å². The second-order valence-corrected chi connectivity index (χ2v) is 3.96. The Kier molecular flexibility index (Phi) is 3.37. The van der Waals surface area contributed by atoms with Gasteiger partial charge in [0.05, 0.1) is 5.69 Å². The molecule has 0 saturated carbocycles. The van der Waals surface area contributed by atoms with Gasteiger partial charge in [-0.2, -0.15) is 5.26 Å². The number of hydrogen-bond donors (Lipinski definition) is 2. The molecule has 0 aromatic heterocycles. The Balaban J connectivity index is 2.14. The third kappa shape index (κ3) is 2.31. The smallest absolute Gasteiger partial charge is 0.143 e. The molecule has 0 aliphatic carbocycles. The maximum absolute atomic E-state index is 13.3. The fraction of sp³-hybridized carbons (Fsp3) is 0.417. The van der Waals surface area contributed by atoms with Gasteiger partial charge in [-0.3, -0.25) is 0 Å². The van der Waals surface area contributed by atoms with Crippen molar-refractivity contribution < 1.29 is 4.39 Å². The molecule has 1 aromatic rings. The Morgan fingerprint density at radius 3 is 3.06 bits per heavy atom. The molecule has 0 amide bonds. The van der Waals surface area contributed by atoms with Gasteiger partial charge < -0.3 is 10.6 Å². The normalized spacial score (nSPS) is 20.1. The van der Waals surface area contributed by atoms with Crippen molar-refractivity contribution in [3.63, 3.8) is 0 Å². The second kappa shape index (κ2) is 4.95. The number of nitrogens with zero attached hydrogens (tertiary/aromatic N) is 1. The third-order valence-corrected chi connectivity index (χ3v) is 2.78. The quantitative estimate of drug-likeness (QED) is 0.798. The molecule has 0 spiro atoms. The molecule has 4 heteroatoms. The predicted octanol–water partition coefficient (Wildman–Crippen LogP) is 1.86. The summed E-state index contributed by atoms with van der Waals surface area (Å²) in [6.07, 6.45) is 2.16. The Morgan fingerprint density at radius 1 is 1.50 bits per heavy atom. The molecule has 1 saturated heterocycles. The van der Waals surface area contributed by atoms with Crippen LogP contribution in [0.2, 0.25) is 0 Å². The summed E-state index contributed by atoms with van der Waals surface area (Å²) in [6, 6.07) is 6.85. The number of hydrogen-bond acceptors (Lipinski definition) is 3. The highest BCUT2D eigenvalue weighted by Crippen LogP contribution is 2.20. The van der Waals surface area contributed by atoms with Crippen LogP contribution in [0, 0.1) is 17.1 Å². The fourth-order valence-corrected chi connectivity index (χ4v) is 1.95. The van der Waals surface area contributed by atoms with E-state index in [1.165, 1.54) is 6.07 Å². The monoisotopic (exact) mass is 219 g/mol. The Labute approximate surface area is 94.3 Å². The minimum Gasteiger partial charge on any atom is -0.380 e. The van der Waals surface area contributed by atoms with Crippen molar-refractivity contribution in [2.24, 2.45) is 0 Å². The lowest BCUT2D eigenvalue weighted by Gasteiger charge is -2.25. The van der Waals surface area contributed by atoms with Crippen LogP contribution in [0.15, 0.2) is 18.2 Å². The molecule has 0 radical (unpaired) electrons. The van der Waals surface area contributed by atoms with Gasteiger partial charge >= 0.3 is 0 Å². The summed E-state index contributed by atoms with van der Waals surface area (Å²) in [4.78, 5) is 0. The van der Waals surface area contributed by atoms with Crippen LogP contribution in [-0.4, -0.2) is 19.1 Å². The molecule has 3 nitrogen and oxygen atoms in total. The first-order chi connectivity index (χ1) is 7.81. The number of nitrogens with one attached hydrogen (secondary N) is 2. The van der Waals surface area contributed by atoms with Crippen molar-refractivity contribution in [3.8, 4) is 6.07 Å². The summed E-state index contributed by atoms with van der Waals surface area (Å²) in [5.41, 5.74) is 0.698. The average molecular weight is 219 g/mol. The Hall–Kier alpha value is -1.60. The molecule has 1 aliphatic heterocycles. The summed E-state index contributed by atoms with van der Waals surface area (Å²) in [5.74, 6) is -0.462. The van der Waals surface area contributed by atoms with Crippen LogP contribution in [0.5, 0.6) is 0 Å². The Morgan fingerprint density at radius 2 is 2.38 bits per heavy atom. The van der Waals surface area contributed by atoms with Gasteiger partial charge in [-0.1, -0.05) is 6.07 Å². The van der Waals surface area contributed by atoms with Gasteiger partial charge in [-0.25, -0.2) is 4.39 Å². The minimum absolute atomic E-state index is 0.105. The van der Waals surface area contributed by atoms with Gasteiger partial charge in [0.2, 0.25) is 0 Å². The molecular formula is C12H14FN3. The summed E-state index contributed by atoms with van der Waals surface area (Å²) in [5, 5.41) is 15.4. The number of rotatable bonds is 2. The van der Waals surface area contributed by atoms with Gasteiger partial charge in [-0.05, 0) is 31.5 Å². The van der Waals surface area contributed by atoms with Crippen molar-refractivity contribution in [2.75, 3.05) is 18.4 Å². The summed E-state index contributed by atoms with van der Waals surface area (Å²) < 4.78 is 13.3. The highest BCUT2D eigenvalue weighted by Gasteiger charge is 2.15. The molecule has 16 heavy (non-hydrogen) atoms. The molecule has 0 bridgehead atoms. The molecule has 2 rings (SSSR count).